The number of anilines is 1. The van der Waals surface area contributed by atoms with Crippen LogP contribution >= 0.6 is 0 Å². The molecule has 7 nitrogen and oxygen atoms in total. The van der Waals surface area contributed by atoms with Crippen molar-refractivity contribution in [2.75, 3.05) is 12.3 Å². The van der Waals surface area contributed by atoms with Crippen LogP contribution in [0.1, 0.15) is 64.0 Å². The lowest BCUT2D eigenvalue weighted by Gasteiger charge is -2.21. The highest BCUT2D eigenvalue weighted by Crippen LogP contribution is 2.27. The molecule has 0 saturated heterocycles. The van der Waals surface area contributed by atoms with Crippen LogP contribution in [-0.2, 0) is 6.42 Å². The summed E-state index contributed by atoms with van der Waals surface area (Å²) in [4.78, 5) is 8.70. The first-order valence-electron chi connectivity index (χ1n) is 9.58. The van der Waals surface area contributed by atoms with Gasteiger partial charge in [-0.2, -0.15) is 4.98 Å². The molecule has 1 aliphatic rings. The van der Waals surface area contributed by atoms with Crippen LogP contribution in [0.2, 0.25) is 0 Å². The van der Waals surface area contributed by atoms with Crippen LogP contribution in [0.5, 0.6) is 6.01 Å². The zero-order valence-corrected chi connectivity index (χ0v) is 15.2. The normalized spacial score (nSPS) is 17.0. The van der Waals surface area contributed by atoms with Gasteiger partial charge in [0, 0.05) is 0 Å². The van der Waals surface area contributed by atoms with E-state index in [9.17, 15) is 0 Å². The van der Waals surface area contributed by atoms with Crippen molar-refractivity contribution < 1.29 is 4.74 Å². The molecular formula is C18H30N6O. The molecule has 4 N–H and O–H groups in total. The Morgan fingerprint density at radius 2 is 2.08 bits per heavy atom. The molecule has 2 heterocycles. The molecule has 138 valence electrons. The third-order valence-corrected chi connectivity index (χ3v) is 5.03. The minimum absolute atomic E-state index is 0.0252. The Bertz CT molecular complexity index is 674. The van der Waals surface area contributed by atoms with Crippen LogP contribution in [0.3, 0.4) is 0 Å². The smallest absolute Gasteiger partial charge is 0.336 e. The molecule has 1 aliphatic carbocycles. The molecule has 1 unspecified atom stereocenters. The predicted molar refractivity (Wildman–Crippen MR) is 98.5 cm³/mol. The first-order chi connectivity index (χ1) is 12.2. The standard InChI is InChI=1S/C18H30N6O/c1-2-6-15(9-10-19)25-18-22-16(20)17-21-12-14(24(17)23-18)11-13-7-4-3-5-8-13/h12-13,15H,2-11,19H2,1H3,(H2,20,22,23). The number of nitrogens with zero attached hydrogens (tertiary/aromatic N) is 4. The zero-order chi connectivity index (χ0) is 17.6. The van der Waals surface area contributed by atoms with E-state index in [1.165, 1.54) is 32.1 Å². The number of ether oxygens (including phenoxy) is 1. The minimum atomic E-state index is 0.0252. The molecule has 1 fully saturated rings. The van der Waals surface area contributed by atoms with Gasteiger partial charge in [-0.05, 0) is 31.7 Å². The number of hydrogen-bond acceptors (Lipinski definition) is 6. The van der Waals surface area contributed by atoms with Gasteiger partial charge in [0.05, 0.1) is 11.9 Å². The third-order valence-electron chi connectivity index (χ3n) is 5.03. The van der Waals surface area contributed by atoms with E-state index < -0.39 is 0 Å². The maximum atomic E-state index is 6.09. The van der Waals surface area contributed by atoms with Crippen molar-refractivity contribution in [3.8, 4) is 6.01 Å². The van der Waals surface area contributed by atoms with Gasteiger partial charge in [-0.15, -0.1) is 5.10 Å². The van der Waals surface area contributed by atoms with Crippen molar-refractivity contribution in [2.45, 2.75) is 70.8 Å². The van der Waals surface area contributed by atoms with E-state index in [-0.39, 0.29) is 6.10 Å². The molecule has 0 spiro atoms. The highest BCUT2D eigenvalue weighted by molar-refractivity contribution is 5.59. The molecule has 2 aromatic heterocycles. The average Bonchev–Trinajstić information content (AvgIpc) is 3.00. The van der Waals surface area contributed by atoms with Gasteiger partial charge < -0.3 is 16.2 Å². The van der Waals surface area contributed by atoms with Crippen molar-refractivity contribution in [1.29, 1.82) is 0 Å². The summed E-state index contributed by atoms with van der Waals surface area (Å²) in [6.07, 6.45) is 12.2. The van der Waals surface area contributed by atoms with Gasteiger partial charge in [0.15, 0.2) is 11.5 Å². The summed E-state index contributed by atoms with van der Waals surface area (Å²) < 4.78 is 7.78. The molecule has 0 bridgehead atoms. The topological polar surface area (TPSA) is 104 Å². The highest BCUT2D eigenvalue weighted by atomic mass is 16.5. The Kier molecular flexibility index (Phi) is 6.07. The van der Waals surface area contributed by atoms with Gasteiger partial charge in [-0.25, -0.2) is 9.50 Å². The molecule has 25 heavy (non-hydrogen) atoms. The number of rotatable bonds is 8. The number of nitrogens with two attached hydrogens (primary N) is 2. The van der Waals surface area contributed by atoms with Gasteiger partial charge in [0.25, 0.3) is 0 Å². The Morgan fingerprint density at radius 3 is 2.80 bits per heavy atom. The number of nitrogen functional groups attached to an aromatic ring is 1. The molecular weight excluding hydrogens is 316 g/mol. The van der Waals surface area contributed by atoms with E-state index in [0.717, 1.165) is 31.4 Å². The summed E-state index contributed by atoms with van der Waals surface area (Å²) >= 11 is 0. The Labute approximate surface area is 149 Å². The van der Waals surface area contributed by atoms with Gasteiger partial charge in [0.1, 0.15) is 6.10 Å². The van der Waals surface area contributed by atoms with Gasteiger partial charge in [-0.3, -0.25) is 0 Å². The fourth-order valence-corrected chi connectivity index (χ4v) is 3.72. The summed E-state index contributed by atoms with van der Waals surface area (Å²) in [5.74, 6) is 1.07. The van der Waals surface area contributed by atoms with Crippen molar-refractivity contribution in [2.24, 2.45) is 11.7 Å². The van der Waals surface area contributed by atoms with Crippen LogP contribution in [0.15, 0.2) is 6.20 Å². The predicted octanol–water partition coefficient (Wildman–Crippen LogP) is 2.73. The summed E-state index contributed by atoms with van der Waals surface area (Å²) in [7, 11) is 0. The van der Waals surface area contributed by atoms with E-state index in [0.29, 0.717) is 29.9 Å². The van der Waals surface area contributed by atoms with Gasteiger partial charge in [0.2, 0.25) is 0 Å². The maximum absolute atomic E-state index is 6.09. The van der Waals surface area contributed by atoms with E-state index in [1.807, 2.05) is 10.7 Å². The molecule has 1 atom stereocenters. The number of hydrogen-bond donors (Lipinski definition) is 2. The van der Waals surface area contributed by atoms with E-state index in [4.69, 9.17) is 16.2 Å². The Hall–Kier alpha value is -1.89. The van der Waals surface area contributed by atoms with E-state index in [1.54, 1.807) is 0 Å². The molecule has 0 aliphatic heterocycles. The monoisotopic (exact) mass is 346 g/mol. The maximum Gasteiger partial charge on any atom is 0.336 e. The van der Waals surface area contributed by atoms with Crippen LogP contribution in [-0.4, -0.2) is 32.2 Å². The molecule has 2 aromatic rings. The second kappa shape index (κ2) is 8.47. The lowest BCUT2D eigenvalue weighted by molar-refractivity contribution is 0.164. The first kappa shape index (κ1) is 17.9. The molecule has 0 amide bonds. The van der Waals surface area contributed by atoms with Crippen molar-refractivity contribution in [3.63, 3.8) is 0 Å². The zero-order valence-electron chi connectivity index (χ0n) is 15.2. The van der Waals surface area contributed by atoms with Crippen LogP contribution in [0.4, 0.5) is 5.82 Å². The number of imidazole rings is 1. The summed E-state index contributed by atoms with van der Waals surface area (Å²) in [5.41, 5.74) is 13.5. The van der Waals surface area contributed by atoms with Crippen LogP contribution in [0.25, 0.3) is 5.65 Å². The minimum Gasteiger partial charge on any atom is -0.459 e. The van der Waals surface area contributed by atoms with E-state index in [2.05, 4.69) is 22.0 Å². The Morgan fingerprint density at radius 1 is 1.28 bits per heavy atom. The molecule has 3 rings (SSSR count). The van der Waals surface area contributed by atoms with Crippen molar-refractivity contribution >= 4 is 11.5 Å². The molecule has 0 aromatic carbocycles. The first-order valence-corrected chi connectivity index (χ1v) is 9.58. The fraction of sp³-hybridized carbons (Fsp3) is 0.722. The second-order valence-electron chi connectivity index (χ2n) is 7.08. The SMILES string of the molecule is CCCC(CCN)Oc1nc(N)c2ncc(CC3CCCCC3)n2n1. The molecule has 0 radical (unpaired) electrons. The highest BCUT2D eigenvalue weighted by Gasteiger charge is 2.19. The average molecular weight is 346 g/mol. The van der Waals surface area contributed by atoms with Crippen LogP contribution < -0.4 is 16.2 Å². The fourth-order valence-electron chi connectivity index (χ4n) is 3.72. The van der Waals surface area contributed by atoms with Gasteiger partial charge >= 0.3 is 6.01 Å². The third kappa shape index (κ3) is 4.39. The van der Waals surface area contributed by atoms with Gasteiger partial charge in [-0.1, -0.05) is 45.4 Å². The lowest BCUT2D eigenvalue weighted by Crippen LogP contribution is -2.22. The van der Waals surface area contributed by atoms with Crippen molar-refractivity contribution in [1.82, 2.24) is 19.6 Å². The lowest BCUT2D eigenvalue weighted by atomic mass is 9.86. The molecule has 1 saturated carbocycles. The van der Waals surface area contributed by atoms with Crippen LogP contribution in [0, 0.1) is 5.92 Å². The second-order valence-corrected chi connectivity index (χ2v) is 7.08. The number of fused-ring (bicyclic) bond motifs is 1. The summed E-state index contributed by atoms with van der Waals surface area (Å²) in [6, 6.07) is 0.319. The largest absolute Gasteiger partial charge is 0.459 e. The molecule has 7 heteroatoms. The Balaban J connectivity index is 1.81. The summed E-state index contributed by atoms with van der Waals surface area (Å²) in [6.45, 7) is 2.71. The van der Waals surface area contributed by atoms with E-state index >= 15 is 0 Å². The number of aromatic nitrogens is 4. The van der Waals surface area contributed by atoms with Crippen molar-refractivity contribution in [3.05, 3.63) is 11.9 Å². The quantitative estimate of drug-likeness (QED) is 0.761. The summed E-state index contributed by atoms with van der Waals surface area (Å²) in [5, 5.41) is 4.57.